The Kier molecular flexibility index (Phi) is 8.41. The summed E-state index contributed by atoms with van der Waals surface area (Å²) in [5.41, 5.74) is -3.51. The van der Waals surface area contributed by atoms with Gasteiger partial charge in [0.05, 0.1) is 41.9 Å². The molecule has 2 saturated heterocycles. The lowest BCUT2D eigenvalue weighted by molar-refractivity contribution is -0.143. The number of fused-ring (bicyclic) bond motifs is 1. The maximum atomic E-state index is 13.9. The van der Waals surface area contributed by atoms with Crippen LogP contribution in [-0.2, 0) is 29.7 Å². The number of benzene rings is 3. The van der Waals surface area contributed by atoms with Gasteiger partial charge in [-0.05, 0) is 84.0 Å². The van der Waals surface area contributed by atoms with Gasteiger partial charge in [-0.1, -0.05) is 12.1 Å². The Bertz CT molecular complexity index is 1630. The zero-order chi connectivity index (χ0) is 33.8. The van der Waals surface area contributed by atoms with Crippen molar-refractivity contribution in [3.63, 3.8) is 0 Å². The highest BCUT2D eigenvalue weighted by Gasteiger charge is 2.50. The van der Waals surface area contributed by atoms with Crippen molar-refractivity contribution >= 4 is 12.0 Å². The fourth-order valence-electron chi connectivity index (χ4n) is 6.16. The van der Waals surface area contributed by atoms with Crippen LogP contribution in [0.2, 0.25) is 0 Å². The lowest BCUT2D eigenvalue weighted by atomic mass is 9.90. The monoisotopic (exact) mass is 660 g/mol. The molecule has 0 radical (unpaired) electrons. The molecule has 3 aromatic rings. The molecule has 0 aliphatic carbocycles. The molecule has 3 aromatic carbocycles. The fourth-order valence-corrected chi connectivity index (χ4v) is 6.16. The second-order valence-electron chi connectivity index (χ2n) is 11.1. The molecule has 2 aliphatic rings. The van der Waals surface area contributed by atoms with E-state index in [9.17, 15) is 49.1 Å². The Morgan fingerprint density at radius 2 is 1.48 bits per heavy atom. The molecule has 2 fully saturated rings. The number of rotatable bonds is 7. The van der Waals surface area contributed by atoms with Crippen LogP contribution in [-0.4, -0.2) is 35.2 Å². The zero-order valence-electron chi connectivity index (χ0n) is 23.8. The summed E-state index contributed by atoms with van der Waals surface area (Å²) < 4.78 is 129. The summed E-state index contributed by atoms with van der Waals surface area (Å²) in [4.78, 5) is 25.6. The van der Waals surface area contributed by atoms with E-state index in [4.69, 9.17) is 9.84 Å². The van der Waals surface area contributed by atoms with Gasteiger partial charge in [-0.2, -0.15) is 39.5 Å². The summed E-state index contributed by atoms with van der Waals surface area (Å²) >= 11 is 0. The van der Waals surface area contributed by atoms with E-state index >= 15 is 0 Å². The van der Waals surface area contributed by atoms with E-state index in [1.165, 1.54) is 19.2 Å². The lowest BCUT2D eigenvalue weighted by Gasteiger charge is -2.27. The lowest BCUT2D eigenvalue weighted by Crippen LogP contribution is -2.32. The van der Waals surface area contributed by atoms with Crippen molar-refractivity contribution in [2.24, 2.45) is 0 Å². The first-order valence-electron chi connectivity index (χ1n) is 13.9. The van der Waals surface area contributed by atoms with Crippen molar-refractivity contribution < 1.29 is 58.9 Å². The molecule has 2 heterocycles. The minimum Gasteiger partial charge on any atom is -0.496 e. The first-order valence-corrected chi connectivity index (χ1v) is 13.9. The zero-order valence-corrected chi connectivity index (χ0v) is 23.8. The number of amides is 2. The summed E-state index contributed by atoms with van der Waals surface area (Å²) in [6, 6.07) is 4.40. The average Bonchev–Trinajstić information content (AvgIpc) is 3.55. The van der Waals surface area contributed by atoms with Crippen LogP contribution >= 0.6 is 0 Å². The van der Waals surface area contributed by atoms with Crippen molar-refractivity contribution in [2.45, 2.75) is 62.3 Å². The van der Waals surface area contributed by atoms with E-state index in [1.807, 2.05) is 0 Å². The third-order valence-corrected chi connectivity index (χ3v) is 8.22. The normalized spacial score (nSPS) is 20.1. The molecule has 5 rings (SSSR count). The summed E-state index contributed by atoms with van der Waals surface area (Å²) in [5.74, 6) is -0.829. The van der Waals surface area contributed by atoms with Crippen molar-refractivity contribution in [1.29, 1.82) is 0 Å². The Morgan fingerprint density at radius 1 is 0.848 bits per heavy atom. The molecule has 2 aliphatic heterocycles. The number of urea groups is 1. The van der Waals surface area contributed by atoms with Gasteiger partial charge in [-0.3, -0.25) is 4.79 Å². The smallest absolute Gasteiger partial charge is 0.416 e. The average molecular weight is 661 g/mol. The van der Waals surface area contributed by atoms with Gasteiger partial charge in [0.2, 0.25) is 0 Å². The molecule has 6 nitrogen and oxygen atoms in total. The maximum Gasteiger partial charge on any atom is 0.416 e. The molecular weight excluding hydrogens is 635 g/mol. The fraction of sp³-hybridized carbons (Fsp3) is 0.355. The first-order chi connectivity index (χ1) is 21.4. The van der Waals surface area contributed by atoms with Crippen LogP contribution in [0.5, 0.6) is 5.75 Å². The number of methoxy groups -OCH3 is 1. The number of nitrogens with one attached hydrogen (secondary N) is 1. The van der Waals surface area contributed by atoms with Crippen LogP contribution in [0.25, 0.3) is 11.1 Å². The Morgan fingerprint density at radius 3 is 2.04 bits per heavy atom. The van der Waals surface area contributed by atoms with E-state index in [-0.39, 0.29) is 48.6 Å². The summed E-state index contributed by atoms with van der Waals surface area (Å²) in [6.07, 6.45) is -15.1. The number of aryl methyl sites for hydroxylation is 1. The van der Waals surface area contributed by atoms with Crippen LogP contribution in [0, 0.1) is 0 Å². The SMILES string of the molecule is COc1ccc(CCC(=O)O)cc1-c1ccc(C(F)(F)F)cc1[C@@H]1CC[C@H]2[C@@H](c3cc(C(F)(F)F)cc(C(F)(F)F)c3)NC(=O)N12. The Labute approximate surface area is 255 Å². The highest BCUT2D eigenvalue weighted by atomic mass is 19.4. The van der Waals surface area contributed by atoms with Crippen LogP contribution in [0.4, 0.5) is 44.3 Å². The van der Waals surface area contributed by atoms with Gasteiger partial charge in [-0.15, -0.1) is 0 Å². The molecule has 0 unspecified atom stereocenters. The second kappa shape index (κ2) is 11.7. The summed E-state index contributed by atoms with van der Waals surface area (Å²) in [6.45, 7) is 0. The predicted molar refractivity (Wildman–Crippen MR) is 145 cm³/mol. The van der Waals surface area contributed by atoms with Gasteiger partial charge in [0.15, 0.2) is 0 Å². The minimum absolute atomic E-state index is 0.0254. The molecule has 0 bridgehead atoms. The van der Waals surface area contributed by atoms with Gasteiger partial charge in [-0.25, -0.2) is 4.79 Å². The van der Waals surface area contributed by atoms with Gasteiger partial charge < -0.3 is 20.1 Å². The Hall–Kier alpha value is -4.43. The van der Waals surface area contributed by atoms with Gasteiger partial charge >= 0.3 is 30.5 Å². The largest absolute Gasteiger partial charge is 0.496 e. The summed E-state index contributed by atoms with van der Waals surface area (Å²) in [5, 5.41) is 11.5. The third kappa shape index (κ3) is 6.44. The Balaban J connectivity index is 1.60. The number of ether oxygens (including phenoxy) is 1. The number of aliphatic carboxylic acids is 1. The minimum atomic E-state index is -5.12. The molecule has 246 valence electrons. The molecule has 2 N–H and O–H groups in total. The van der Waals surface area contributed by atoms with Crippen LogP contribution in [0.1, 0.15) is 64.7 Å². The number of nitrogens with zero attached hydrogens (tertiary/aromatic N) is 1. The van der Waals surface area contributed by atoms with Crippen molar-refractivity contribution in [3.8, 4) is 16.9 Å². The number of carboxylic acids is 1. The highest BCUT2D eigenvalue weighted by molar-refractivity contribution is 5.81. The van der Waals surface area contributed by atoms with Gasteiger partial charge in [0.25, 0.3) is 0 Å². The molecule has 3 atom stereocenters. The van der Waals surface area contributed by atoms with Crippen molar-refractivity contribution in [1.82, 2.24) is 10.2 Å². The number of carboxylic acid groups (broad SMARTS) is 1. The molecule has 46 heavy (non-hydrogen) atoms. The predicted octanol–water partition coefficient (Wildman–Crippen LogP) is 8.41. The van der Waals surface area contributed by atoms with E-state index in [0.717, 1.165) is 17.0 Å². The van der Waals surface area contributed by atoms with E-state index < -0.39 is 70.9 Å². The first kappa shape index (κ1) is 32.9. The molecular formula is C31H25F9N2O4. The van der Waals surface area contributed by atoms with Crippen molar-refractivity contribution in [2.75, 3.05) is 7.11 Å². The van der Waals surface area contributed by atoms with Crippen LogP contribution < -0.4 is 10.1 Å². The number of hydrogen-bond acceptors (Lipinski definition) is 3. The van der Waals surface area contributed by atoms with Gasteiger partial charge in [0, 0.05) is 12.0 Å². The van der Waals surface area contributed by atoms with Gasteiger partial charge in [0.1, 0.15) is 5.75 Å². The molecule has 0 spiro atoms. The van der Waals surface area contributed by atoms with E-state index in [0.29, 0.717) is 23.3 Å². The standard InChI is InChI=1S/C31H25F9N2O4/c1-46-25-8-2-15(3-9-26(43)44)10-22(25)20-5-4-17(29(32,33)34)14-21(20)23-6-7-24-27(41-28(45)42(23)24)16-11-18(30(35,36)37)13-19(12-16)31(38,39)40/h2,4-5,8,10-14,23-24,27H,3,6-7,9H2,1H3,(H,41,45)(H,43,44)/t23-,24-,27+/m0/s1. The highest BCUT2D eigenvalue weighted by Crippen LogP contribution is 2.50. The molecule has 0 aromatic heterocycles. The van der Waals surface area contributed by atoms with Crippen molar-refractivity contribution in [3.05, 3.63) is 88.0 Å². The van der Waals surface area contributed by atoms with E-state index in [1.54, 1.807) is 12.1 Å². The molecule has 2 amide bonds. The quantitative estimate of drug-likeness (QED) is 0.250. The molecule has 0 saturated carbocycles. The van der Waals surface area contributed by atoms with Crippen LogP contribution in [0.15, 0.2) is 54.6 Å². The molecule has 15 heteroatoms. The topological polar surface area (TPSA) is 78.9 Å². The second-order valence-corrected chi connectivity index (χ2v) is 11.1. The van der Waals surface area contributed by atoms with E-state index in [2.05, 4.69) is 5.32 Å². The third-order valence-electron chi connectivity index (χ3n) is 8.22. The number of halogens is 9. The maximum absolute atomic E-state index is 13.9. The number of carbonyl (C=O) groups excluding carboxylic acids is 1. The summed E-state index contributed by atoms with van der Waals surface area (Å²) in [7, 11) is 1.33. The number of hydrogen-bond donors (Lipinski definition) is 2. The number of alkyl halides is 9. The van der Waals surface area contributed by atoms with Crippen LogP contribution in [0.3, 0.4) is 0 Å². The number of carbonyl (C=O) groups is 2.